The van der Waals surface area contributed by atoms with Crippen molar-refractivity contribution in [1.29, 1.82) is 0 Å². The Balaban J connectivity index is 1.83. The van der Waals surface area contributed by atoms with E-state index in [0.29, 0.717) is 6.04 Å². The van der Waals surface area contributed by atoms with Crippen molar-refractivity contribution >= 4 is 16.7 Å². The fourth-order valence-corrected chi connectivity index (χ4v) is 3.71. The molecule has 2 aliphatic rings. The van der Waals surface area contributed by atoms with Gasteiger partial charge in [-0.05, 0) is 37.3 Å². The number of hydrogen-bond donors (Lipinski definition) is 1. The fourth-order valence-electron chi connectivity index (χ4n) is 3.71. The molecule has 1 saturated carbocycles. The summed E-state index contributed by atoms with van der Waals surface area (Å²) in [6.07, 6.45) is 6.82. The quantitative estimate of drug-likeness (QED) is 0.827. The van der Waals surface area contributed by atoms with E-state index in [1.54, 1.807) is 0 Å². The predicted molar refractivity (Wildman–Crippen MR) is 73.8 cm³/mol. The maximum atomic E-state index is 4.83. The molecule has 0 radical (unpaired) electrons. The number of anilines is 1. The molecule has 3 nitrogen and oxygen atoms in total. The van der Waals surface area contributed by atoms with Crippen LogP contribution in [0.15, 0.2) is 24.3 Å². The number of nitrogens with zero attached hydrogens (tertiary/aromatic N) is 2. The Bertz CT molecular complexity index is 566. The van der Waals surface area contributed by atoms with E-state index in [-0.39, 0.29) is 0 Å². The third-order valence-corrected chi connectivity index (χ3v) is 4.59. The van der Waals surface area contributed by atoms with E-state index in [2.05, 4.69) is 34.3 Å². The lowest BCUT2D eigenvalue weighted by Crippen LogP contribution is -2.28. The molecule has 4 rings (SSSR count). The largest absolute Gasteiger partial charge is 0.370 e. The summed E-state index contributed by atoms with van der Waals surface area (Å²) in [5, 5.41) is 9.65. The van der Waals surface area contributed by atoms with Gasteiger partial charge in [-0.2, -0.15) is 5.10 Å². The predicted octanol–water partition coefficient (Wildman–Crippen LogP) is 3.58. The van der Waals surface area contributed by atoms with Crippen LogP contribution in [0.25, 0.3) is 10.9 Å². The molecule has 0 amide bonds. The minimum Gasteiger partial charge on any atom is -0.370 e. The van der Waals surface area contributed by atoms with Gasteiger partial charge in [0.1, 0.15) is 5.82 Å². The van der Waals surface area contributed by atoms with Gasteiger partial charge in [-0.1, -0.05) is 25.0 Å². The highest BCUT2D eigenvalue weighted by atomic mass is 15.4. The van der Waals surface area contributed by atoms with Crippen LogP contribution in [0.5, 0.6) is 0 Å². The second kappa shape index (κ2) is 4.01. The first kappa shape index (κ1) is 10.4. The maximum absolute atomic E-state index is 4.83. The zero-order valence-corrected chi connectivity index (χ0v) is 10.6. The van der Waals surface area contributed by atoms with Crippen molar-refractivity contribution in [2.45, 2.75) is 38.1 Å². The van der Waals surface area contributed by atoms with E-state index in [1.807, 2.05) is 0 Å². The first-order valence-electron chi connectivity index (χ1n) is 7.14. The molecule has 2 aromatic rings. The van der Waals surface area contributed by atoms with Crippen LogP contribution in [0.1, 0.15) is 38.1 Å². The standard InChI is InChI=1S/C15H19N3/c1-2-6-11(5-1)14-9-10-16-15-12-7-3-4-8-13(12)17-18(14)15/h3-4,7-8,11,14,16H,1-2,5-6,9-10H2. The molecule has 1 aromatic heterocycles. The van der Waals surface area contributed by atoms with Crippen LogP contribution in [0.3, 0.4) is 0 Å². The topological polar surface area (TPSA) is 29.9 Å². The van der Waals surface area contributed by atoms with Gasteiger partial charge >= 0.3 is 0 Å². The highest BCUT2D eigenvalue weighted by molar-refractivity contribution is 5.90. The number of rotatable bonds is 1. The van der Waals surface area contributed by atoms with E-state index in [1.165, 1.54) is 43.3 Å². The van der Waals surface area contributed by atoms with Crippen molar-refractivity contribution < 1.29 is 0 Å². The van der Waals surface area contributed by atoms with Gasteiger partial charge in [-0.15, -0.1) is 0 Å². The molecule has 0 spiro atoms. The minimum atomic E-state index is 0.621. The van der Waals surface area contributed by atoms with E-state index in [9.17, 15) is 0 Å². The van der Waals surface area contributed by atoms with Crippen molar-refractivity contribution in [1.82, 2.24) is 9.78 Å². The zero-order valence-electron chi connectivity index (χ0n) is 10.6. The van der Waals surface area contributed by atoms with Crippen LogP contribution in [0.2, 0.25) is 0 Å². The van der Waals surface area contributed by atoms with Gasteiger partial charge in [0.2, 0.25) is 0 Å². The number of hydrogen-bond acceptors (Lipinski definition) is 2. The molecule has 2 heterocycles. The first-order valence-corrected chi connectivity index (χ1v) is 7.14. The van der Waals surface area contributed by atoms with Gasteiger partial charge in [0.25, 0.3) is 0 Å². The second-order valence-electron chi connectivity index (χ2n) is 5.64. The minimum absolute atomic E-state index is 0.621. The smallest absolute Gasteiger partial charge is 0.132 e. The molecule has 1 aromatic carbocycles. The molecular formula is C15H19N3. The molecule has 94 valence electrons. The fraction of sp³-hybridized carbons (Fsp3) is 0.533. The summed E-state index contributed by atoms with van der Waals surface area (Å²) in [6.45, 7) is 1.09. The van der Waals surface area contributed by atoms with Gasteiger partial charge in [0.05, 0.1) is 11.6 Å². The number of fused-ring (bicyclic) bond motifs is 3. The Hall–Kier alpha value is -1.51. The summed E-state index contributed by atoms with van der Waals surface area (Å²) in [6, 6.07) is 9.10. The van der Waals surface area contributed by atoms with Crippen LogP contribution >= 0.6 is 0 Å². The lowest BCUT2D eigenvalue weighted by Gasteiger charge is -2.30. The molecule has 0 bridgehead atoms. The Morgan fingerprint density at radius 1 is 1.11 bits per heavy atom. The molecule has 18 heavy (non-hydrogen) atoms. The molecule has 0 saturated heterocycles. The normalized spacial score (nSPS) is 24.1. The summed E-state index contributed by atoms with van der Waals surface area (Å²) >= 11 is 0. The lowest BCUT2D eigenvalue weighted by atomic mass is 9.94. The van der Waals surface area contributed by atoms with Crippen LogP contribution < -0.4 is 5.32 Å². The second-order valence-corrected chi connectivity index (χ2v) is 5.64. The van der Waals surface area contributed by atoms with Gasteiger partial charge in [-0.25, -0.2) is 4.68 Å². The zero-order chi connectivity index (χ0) is 11.9. The van der Waals surface area contributed by atoms with Crippen molar-refractivity contribution in [2.24, 2.45) is 5.92 Å². The van der Waals surface area contributed by atoms with E-state index in [0.717, 1.165) is 18.0 Å². The SMILES string of the molecule is c1ccc2c3n(nc2c1)C(C1CCCC1)CCN3. The van der Waals surface area contributed by atoms with Crippen LogP contribution in [-0.2, 0) is 0 Å². The maximum Gasteiger partial charge on any atom is 0.132 e. The molecule has 1 aliphatic carbocycles. The van der Waals surface area contributed by atoms with Gasteiger partial charge in [-0.3, -0.25) is 0 Å². The Morgan fingerprint density at radius 2 is 1.94 bits per heavy atom. The Labute approximate surface area is 107 Å². The van der Waals surface area contributed by atoms with Gasteiger partial charge in [0, 0.05) is 11.9 Å². The van der Waals surface area contributed by atoms with Gasteiger partial charge in [0.15, 0.2) is 0 Å². The number of aromatic nitrogens is 2. The number of nitrogens with one attached hydrogen (secondary N) is 1. The third kappa shape index (κ3) is 1.46. The molecule has 1 aliphatic heterocycles. The van der Waals surface area contributed by atoms with E-state index >= 15 is 0 Å². The van der Waals surface area contributed by atoms with Gasteiger partial charge < -0.3 is 5.32 Å². The van der Waals surface area contributed by atoms with E-state index < -0.39 is 0 Å². The monoisotopic (exact) mass is 241 g/mol. The van der Waals surface area contributed by atoms with Crippen molar-refractivity contribution in [2.75, 3.05) is 11.9 Å². The Morgan fingerprint density at radius 3 is 2.83 bits per heavy atom. The average Bonchev–Trinajstić information content (AvgIpc) is 3.05. The molecule has 3 heteroatoms. The van der Waals surface area contributed by atoms with Crippen LogP contribution in [-0.4, -0.2) is 16.3 Å². The lowest BCUT2D eigenvalue weighted by molar-refractivity contribution is 0.292. The highest BCUT2D eigenvalue weighted by Crippen LogP contribution is 2.40. The van der Waals surface area contributed by atoms with Crippen molar-refractivity contribution in [3.63, 3.8) is 0 Å². The molecule has 1 atom stereocenters. The third-order valence-electron chi connectivity index (χ3n) is 4.59. The summed E-state index contributed by atoms with van der Waals surface area (Å²) in [7, 11) is 0. The summed E-state index contributed by atoms with van der Waals surface area (Å²) in [5.74, 6) is 2.09. The molecule has 1 unspecified atom stereocenters. The van der Waals surface area contributed by atoms with Crippen LogP contribution in [0.4, 0.5) is 5.82 Å². The molecule has 1 fully saturated rings. The molecule has 1 N–H and O–H groups in total. The van der Waals surface area contributed by atoms with Crippen LogP contribution in [0, 0.1) is 5.92 Å². The summed E-state index contributed by atoms with van der Waals surface area (Å²) in [4.78, 5) is 0. The first-order chi connectivity index (χ1) is 8.93. The summed E-state index contributed by atoms with van der Waals surface area (Å²) in [5.41, 5.74) is 1.13. The van der Waals surface area contributed by atoms with Crippen molar-refractivity contribution in [3.05, 3.63) is 24.3 Å². The van der Waals surface area contributed by atoms with Crippen molar-refractivity contribution in [3.8, 4) is 0 Å². The number of benzene rings is 1. The van der Waals surface area contributed by atoms with E-state index in [4.69, 9.17) is 5.10 Å². The Kier molecular flexibility index (Phi) is 2.32. The summed E-state index contributed by atoms with van der Waals surface area (Å²) < 4.78 is 2.28. The molecular weight excluding hydrogens is 222 g/mol. The average molecular weight is 241 g/mol. The highest BCUT2D eigenvalue weighted by Gasteiger charge is 2.31.